The van der Waals surface area contributed by atoms with E-state index in [0.717, 1.165) is 39.4 Å². The summed E-state index contributed by atoms with van der Waals surface area (Å²) in [6, 6.07) is 24.2. The molecule has 1 amide bonds. The topological polar surface area (TPSA) is 99.9 Å². The molecule has 0 aliphatic heterocycles. The molecule has 0 aliphatic carbocycles. The molecular formula is C31H29N3O3S. The van der Waals surface area contributed by atoms with Gasteiger partial charge in [-0.25, -0.2) is 8.42 Å². The summed E-state index contributed by atoms with van der Waals surface area (Å²) < 4.78 is 23.8. The fourth-order valence-electron chi connectivity index (χ4n) is 4.22. The highest BCUT2D eigenvalue weighted by molar-refractivity contribution is 7.90. The van der Waals surface area contributed by atoms with Crippen LogP contribution in [-0.2, 0) is 14.6 Å². The lowest BCUT2D eigenvalue weighted by Crippen LogP contribution is -2.30. The number of nitriles is 1. The van der Waals surface area contributed by atoms with Crippen LogP contribution in [0.15, 0.2) is 83.9 Å². The van der Waals surface area contributed by atoms with Gasteiger partial charge >= 0.3 is 0 Å². The number of nitrogens with one attached hydrogen (secondary N) is 1. The zero-order valence-corrected chi connectivity index (χ0v) is 22.6. The van der Waals surface area contributed by atoms with Gasteiger partial charge in [0.2, 0.25) is 0 Å². The number of sulfone groups is 1. The Kier molecular flexibility index (Phi) is 7.75. The largest absolute Gasteiger partial charge is 0.350 e. The Morgan fingerprint density at radius 2 is 1.74 bits per heavy atom. The summed E-state index contributed by atoms with van der Waals surface area (Å²) in [5.74, 6) is -0.530. The zero-order valence-electron chi connectivity index (χ0n) is 21.8. The molecule has 1 unspecified atom stereocenters. The minimum Gasteiger partial charge on any atom is -0.350 e. The summed E-state index contributed by atoms with van der Waals surface area (Å²) in [6.07, 6.45) is 4.70. The van der Waals surface area contributed by atoms with Crippen LogP contribution in [0.2, 0.25) is 0 Å². The van der Waals surface area contributed by atoms with Gasteiger partial charge in [-0.1, -0.05) is 36.4 Å². The van der Waals surface area contributed by atoms with Gasteiger partial charge in [-0.15, -0.1) is 0 Å². The average molecular weight is 524 g/mol. The molecule has 6 nitrogen and oxygen atoms in total. The number of fused-ring (bicyclic) bond motifs is 1. The Bertz CT molecular complexity index is 1680. The molecule has 0 radical (unpaired) electrons. The third-order valence-electron chi connectivity index (χ3n) is 6.19. The van der Waals surface area contributed by atoms with Crippen LogP contribution in [0, 0.1) is 11.3 Å². The number of nitrogens with zero attached hydrogens (tertiary/aromatic N) is 2. The molecule has 0 bridgehead atoms. The van der Waals surface area contributed by atoms with Gasteiger partial charge in [0.15, 0.2) is 9.84 Å². The Morgan fingerprint density at radius 3 is 2.39 bits per heavy atom. The number of aromatic nitrogens is 1. The number of hydrogen-bond donors (Lipinski definition) is 1. The number of hydrogen-bond acceptors (Lipinski definition) is 5. The van der Waals surface area contributed by atoms with Crippen molar-refractivity contribution in [3.8, 4) is 17.2 Å². The highest BCUT2D eigenvalue weighted by Gasteiger charge is 2.16. The summed E-state index contributed by atoms with van der Waals surface area (Å²) in [4.78, 5) is 18.0. The summed E-state index contributed by atoms with van der Waals surface area (Å²) in [5.41, 5.74) is 5.38. The number of carbonyl (C=O) groups is 1. The fourth-order valence-corrected chi connectivity index (χ4v) is 4.85. The fraction of sp³-hybridized carbons (Fsp3) is 0.194. The van der Waals surface area contributed by atoms with Crippen LogP contribution < -0.4 is 5.32 Å². The maximum absolute atomic E-state index is 13.2. The van der Waals surface area contributed by atoms with Crippen LogP contribution >= 0.6 is 0 Å². The third-order valence-corrected chi connectivity index (χ3v) is 7.32. The second-order valence-electron chi connectivity index (χ2n) is 9.60. The normalized spacial score (nSPS) is 12.8. The van der Waals surface area contributed by atoms with Gasteiger partial charge < -0.3 is 5.32 Å². The van der Waals surface area contributed by atoms with E-state index >= 15 is 0 Å². The predicted octanol–water partition coefficient (Wildman–Crippen LogP) is 6.00. The van der Waals surface area contributed by atoms with Gasteiger partial charge in [-0.2, -0.15) is 5.26 Å². The van der Waals surface area contributed by atoms with Crippen LogP contribution in [0.5, 0.6) is 0 Å². The number of pyridine rings is 1. The molecule has 1 N–H and O–H groups in total. The maximum atomic E-state index is 13.2. The SMILES string of the molecule is CC(C)NC(=O)/C(=C\c1cccc(-c2cc(C(C)C#N)cc3cccnc23)c1)c1ccc(S(C)(=O)=O)cc1. The van der Waals surface area contributed by atoms with Crippen molar-refractivity contribution in [1.29, 1.82) is 5.26 Å². The van der Waals surface area contributed by atoms with Gasteiger partial charge in [0.1, 0.15) is 0 Å². The highest BCUT2D eigenvalue weighted by atomic mass is 32.2. The second kappa shape index (κ2) is 11.0. The monoisotopic (exact) mass is 523 g/mol. The first-order valence-corrected chi connectivity index (χ1v) is 14.2. The van der Waals surface area contributed by atoms with Crippen molar-refractivity contribution in [1.82, 2.24) is 10.3 Å². The quantitative estimate of drug-likeness (QED) is 0.237. The van der Waals surface area contributed by atoms with E-state index in [9.17, 15) is 18.5 Å². The number of benzene rings is 3. The van der Waals surface area contributed by atoms with Crippen molar-refractivity contribution in [2.45, 2.75) is 37.6 Å². The van der Waals surface area contributed by atoms with Crippen molar-refractivity contribution >= 4 is 38.3 Å². The summed E-state index contributed by atoms with van der Waals surface area (Å²) in [5, 5.41) is 13.4. The molecule has 0 aliphatic rings. The van der Waals surface area contributed by atoms with Crippen molar-refractivity contribution in [2.75, 3.05) is 6.26 Å². The second-order valence-corrected chi connectivity index (χ2v) is 11.6. The van der Waals surface area contributed by atoms with E-state index in [1.807, 2.05) is 69.3 Å². The van der Waals surface area contributed by atoms with E-state index in [-0.39, 0.29) is 22.8 Å². The number of rotatable bonds is 7. The van der Waals surface area contributed by atoms with Crippen molar-refractivity contribution in [2.24, 2.45) is 0 Å². The molecule has 0 saturated heterocycles. The van der Waals surface area contributed by atoms with Crippen molar-refractivity contribution in [3.63, 3.8) is 0 Å². The zero-order chi connectivity index (χ0) is 27.4. The summed E-state index contributed by atoms with van der Waals surface area (Å²) in [6.45, 7) is 5.64. The lowest BCUT2D eigenvalue weighted by atomic mass is 9.93. The van der Waals surface area contributed by atoms with Crippen molar-refractivity contribution in [3.05, 3.63) is 95.7 Å². The Hall–Kier alpha value is -4.28. The molecule has 1 atom stereocenters. The van der Waals surface area contributed by atoms with Crippen LogP contribution in [-0.4, -0.2) is 31.6 Å². The molecule has 0 spiro atoms. The predicted molar refractivity (Wildman–Crippen MR) is 152 cm³/mol. The van der Waals surface area contributed by atoms with E-state index in [4.69, 9.17) is 0 Å². The maximum Gasteiger partial charge on any atom is 0.252 e. The molecule has 0 saturated carbocycles. The smallest absolute Gasteiger partial charge is 0.252 e. The van der Waals surface area contributed by atoms with Gasteiger partial charge in [0.05, 0.1) is 22.4 Å². The molecule has 4 rings (SSSR count). The standard InChI is InChI=1S/C31H29N3O3S/c1-20(2)34-31(35)29(23-10-12-27(13-11-23)38(4,36)37)16-22-7-5-8-24(15-22)28-18-26(21(3)19-32)17-25-9-6-14-33-30(25)28/h5-18,20-21H,1-4H3,(H,34,35)/b29-16-. The molecule has 1 aromatic heterocycles. The minimum absolute atomic E-state index is 0.0742. The number of carbonyl (C=O) groups excluding carboxylic acids is 1. The van der Waals surface area contributed by atoms with E-state index < -0.39 is 9.84 Å². The third kappa shape index (κ3) is 5.99. The first kappa shape index (κ1) is 26.8. The lowest BCUT2D eigenvalue weighted by Gasteiger charge is -2.14. The first-order valence-electron chi connectivity index (χ1n) is 12.3. The van der Waals surface area contributed by atoms with E-state index in [1.54, 1.807) is 24.4 Å². The Labute approximate surface area is 223 Å². The van der Waals surface area contributed by atoms with Gasteiger partial charge in [-0.05, 0) is 85.5 Å². The molecule has 3 aromatic carbocycles. The highest BCUT2D eigenvalue weighted by Crippen LogP contribution is 2.32. The van der Waals surface area contributed by atoms with Crippen LogP contribution in [0.4, 0.5) is 0 Å². The van der Waals surface area contributed by atoms with Crippen LogP contribution in [0.3, 0.4) is 0 Å². The molecule has 1 heterocycles. The summed E-state index contributed by atoms with van der Waals surface area (Å²) in [7, 11) is -3.36. The minimum atomic E-state index is -3.36. The van der Waals surface area contributed by atoms with E-state index in [0.29, 0.717) is 11.1 Å². The van der Waals surface area contributed by atoms with E-state index in [2.05, 4.69) is 16.4 Å². The Balaban J connectivity index is 1.85. The Morgan fingerprint density at radius 1 is 1.00 bits per heavy atom. The molecule has 38 heavy (non-hydrogen) atoms. The molecular weight excluding hydrogens is 494 g/mol. The average Bonchev–Trinajstić information content (AvgIpc) is 2.90. The first-order chi connectivity index (χ1) is 18.1. The molecule has 0 fully saturated rings. The molecule has 7 heteroatoms. The van der Waals surface area contributed by atoms with Gasteiger partial charge in [0, 0.05) is 35.0 Å². The van der Waals surface area contributed by atoms with E-state index in [1.165, 1.54) is 12.1 Å². The van der Waals surface area contributed by atoms with Crippen molar-refractivity contribution < 1.29 is 13.2 Å². The van der Waals surface area contributed by atoms with Gasteiger partial charge in [0.25, 0.3) is 5.91 Å². The summed E-state index contributed by atoms with van der Waals surface area (Å²) >= 11 is 0. The van der Waals surface area contributed by atoms with Gasteiger partial charge in [-0.3, -0.25) is 9.78 Å². The molecule has 192 valence electrons. The van der Waals surface area contributed by atoms with Crippen LogP contribution in [0.1, 0.15) is 43.4 Å². The lowest BCUT2D eigenvalue weighted by molar-refractivity contribution is -0.116. The van der Waals surface area contributed by atoms with Crippen LogP contribution in [0.25, 0.3) is 33.7 Å². The molecule has 4 aromatic rings. The number of amides is 1.